The van der Waals surface area contributed by atoms with Crippen molar-refractivity contribution in [3.8, 4) is 0 Å². The maximum Gasteiger partial charge on any atom is 0.102 e. The molecule has 0 aromatic carbocycles. The molecule has 12 heavy (non-hydrogen) atoms. The summed E-state index contributed by atoms with van der Waals surface area (Å²) in [6, 6.07) is 0. The Balaban J connectivity index is 1.97. The fourth-order valence-corrected chi connectivity index (χ4v) is 2.76. The zero-order chi connectivity index (χ0) is 8.44. The van der Waals surface area contributed by atoms with Gasteiger partial charge in [0.25, 0.3) is 0 Å². The van der Waals surface area contributed by atoms with Gasteiger partial charge < -0.3 is 9.22 Å². The van der Waals surface area contributed by atoms with Gasteiger partial charge >= 0.3 is 0 Å². The molecule has 1 unspecified atom stereocenters. The van der Waals surface area contributed by atoms with Gasteiger partial charge in [0.1, 0.15) is 13.1 Å². The van der Waals surface area contributed by atoms with Crippen molar-refractivity contribution in [3.63, 3.8) is 0 Å². The van der Waals surface area contributed by atoms with Crippen LogP contribution >= 0.6 is 0 Å². The maximum absolute atomic E-state index is 5.42. The normalized spacial score (nSPS) is 35.2. The van der Waals surface area contributed by atoms with E-state index in [0.717, 1.165) is 19.1 Å². The molecule has 2 fully saturated rings. The van der Waals surface area contributed by atoms with Crippen LogP contribution in [0.3, 0.4) is 0 Å². The molecule has 2 aliphatic rings. The van der Waals surface area contributed by atoms with E-state index >= 15 is 0 Å². The fraction of sp³-hybridized carbons (Fsp3) is 1.00. The van der Waals surface area contributed by atoms with E-state index in [0.29, 0.717) is 0 Å². The molecule has 0 radical (unpaired) electrons. The number of ether oxygens (including phenoxy) is 1. The number of nitrogens with zero attached hydrogens (tertiary/aromatic N) is 1. The van der Waals surface area contributed by atoms with Gasteiger partial charge in [0.2, 0.25) is 0 Å². The van der Waals surface area contributed by atoms with Crippen LogP contribution < -0.4 is 0 Å². The second-order valence-electron chi connectivity index (χ2n) is 4.55. The van der Waals surface area contributed by atoms with Gasteiger partial charge in [-0.15, -0.1) is 0 Å². The predicted molar refractivity (Wildman–Crippen MR) is 48.9 cm³/mol. The summed E-state index contributed by atoms with van der Waals surface area (Å²) in [6.07, 6.45) is 2.88. The van der Waals surface area contributed by atoms with Crippen LogP contribution in [0.25, 0.3) is 0 Å². The van der Waals surface area contributed by atoms with Gasteiger partial charge in [-0.25, -0.2) is 0 Å². The van der Waals surface area contributed by atoms with Crippen LogP contribution in [0, 0.1) is 5.92 Å². The van der Waals surface area contributed by atoms with Crippen molar-refractivity contribution in [1.82, 2.24) is 0 Å². The third-order valence-electron chi connectivity index (χ3n) is 3.45. The van der Waals surface area contributed by atoms with Crippen LogP contribution in [0.1, 0.15) is 19.8 Å². The molecule has 0 N–H and O–H groups in total. The summed E-state index contributed by atoms with van der Waals surface area (Å²) in [7, 11) is 0. The van der Waals surface area contributed by atoms with E-state index in [2.05, 4.69) is 6.92 Å². The molecular formula is C10H20NO+. The Bertz CT molecular complexity index is 146. The first-order valence-corrected chi connectivity index (χ1v) is 5.24. The molecule has 2 rings (SSSR count). The lowest BCUT2D eigenvalue weighted by molar-refractivity contribution is -0.942. The Morgan fingerprint density at radius 1 is 1.17 bits per heavy atom. The zero-order valence-electron chi connectivity index (χ0n) is 8.09. The molecule has 0 bridgehead atoms. The van der Waals surface area contributed by atoms with Gasteiger partial charge in [-0.2, -0.15) is 0 Å². The number of rotatable bonds is 0. The van der Waals surface area contributed by atoms with Crippen molar-refractivity contribution in [2.24, 2.45) is 5.92 Å². The second kappa shape index (κ2) is 3.35. The molecule has 2 heterocycles. The van der Waals surface area contributed by atoms with E-state index in [1.807, 2.05) is 0 Å². The van der Waals surface area contributed by atoms with Gasteiger partial charge in [0, 0.05) is 5.92 Å². The number of quaternary nitrogens is 1. The highest BCUT2D eigenvalue weighted by molar-refractivity contribution is 4.62. The fourth-order valence-electron chi connectivity index (χ4n) is 2.76. The minimum absolute atomic E-state index is 0.942. The summed E-state index contributed by atoms with van der Waals surface area (Å²) >= 11 is 0. The molecule has 2 nitrogen and oxygen atoms in total. The van der Waals surface area contributed by atoms with Crippen LogP contribution in [0.4, 0.5) is 0 Å². The van der Waals surface area contributed by atoms with E-state index in [1.54, 1.807) is 0 Å². The molecule has 1 atom stereocenters. The SMILES string of the molecule is CC1CCC[N+]2(CCOCC2)C1. The largest absolute Gasteiger partial charge is 0.370 e. The molecule has 0 aliphatic carbocycles. The summed E-state index contributed by atoms with van der Waals surface area (Å²) < 4.78 is 6.78. The highest BCUT2D eigenvalue weighted by atomic mass is 16.5. The predicted octanol–water partition coefficient (Wildman–Crippen LogP) is 1.26. The Morgan fingerprint density at radius 2 is 1.92 bits per heavy atom. The zero-order valence-corrected chi connectivity index (χ0v) is 8.09. The van der Waals surface area contributed by atoms with E-state index in [9.17, 15) is 0 Å². The number of hydrogen-bond acceptors (Lipinski definition) is 1. The van der Waals surface area contributed by atoms with Gasteiger partial charge in [-0.3, -0.25) is 0 Å². The van der Waals surface area contributed by atoms with Crippen LogP contribution in [0.2, 0.25) is 0 Å². The number of morpholine rings is 1. The van der Waals surface area contributed by atoms with Gasteiger partial charge in [-0.05, 0) is 12.8 Å². The first-order chi connectivity index (χ1) is 5.81. The third kappa shape index (κ3) is 1.64. The van der Waals surface area contributed by atoms with E-state index in [4.69, 9.17) is 4.74 Å². The first-order valence-electron chi connectivity index (χ1n) is 5.24. The molecule has 2 heteroatoms. The molecule has 0 aromatic heterocycles. The van der Waals surface area contributed by atoms with E-state index in [1.165, 1.54) is 43.5 Å². The average molecular weight is 170 g/mol. The summed E-state index contributed by atoms with van der Waals surface area (Å²) in [5.41, 5.74) is 0. The van der Waals surface area contributed by atoms with Crippen molar-refractivity contribution >= 4 is 0 Å². The standard InChI is InChI=1S/C10H20NO/c1-10-3-2-4-11(9-10)5-7-12-8-6-11/h10H,2-9H2,1H3/q+1. The van der Waals surface area contributed by atoms with Crippen molar-refractivity contribution < 1.29 is 9.22 Å². The summed E-state index contributed by atoms with van der Waals surface area (Å²) in [4.78, 5) is 0. The van der Waals surface area contributed by atoms with Crippen LogP contribution in [-0.2, 0) is 4.74 Å². The van der Waals surface area contributed by atoms with E-state index < -0.39 is 0 Å². The lowest BCUT2D eigenvalue weighted by Gasteiger charge is -2.45. The Kier molecular flexibility index (Phi) is 2.37. The highest BCUT2D eigenvalue weighted by Gasteiger charge is 2.34. The minimum Gasteiger partial charge on any atom is -0.370 e. The van der Waals surface area contributed by atoms with Gasteiger partial charge in [0.05, 0.1) is 26.3 Å². The minimum atomic E-state index is 0.942. The van der Waals surface area contributed by atoms with Gasteiger partial charge in [-0.1, -0.05) is 6.92 Å². The van der Waals surface area contributed by atoms with Gasteiger partial charge in [0.15, 0.2) is 0 Å². The molecule has 0 amide bonds. The lowest BCUT2D eigenvalue weighted by atomic mass is 9.97. The molecular weight excluding hydrogens is 150 g/mol. The quantitative estimate of drug-likeness (QED) is 0.497. The van der Waals surface area contributed by atoms with Crippen LogP contribution in [-0.4, -0.2) is 43.9 Å². The summed E-state index contributed by atoms with van der Waals surface area (Å²) in [5.74, 6) is 0.942. The lowest BCUT2D eigenvalue weighted by Crippen LogP contribution is -2.59. The molecule has 70 valence electrons. The van der Waals surface area contributed by atoms with Crippen molar-refractivity contribution in [1.29, 1.82) is 0 Å². The van der Waals surface area contributed by atoms with Crippen LogP contribution in [0.15, 0.2) is 0 Å². The molecule has 0 aromatic rings. The molecule has 1 spiro atoms. The van der Waals surface area contributed by atoms with E-state index in [-0.39, 0.29) is 0 Å². The summed E-state index contributed by atoms with van der Waals surface area (Å²) in [5, 5.41) is 0. The Hall–Kier alpha value is -0.0800. The second-order valence-corrected chi connectivity index (χ2v) is 4.55. The number of piperidine rings is 1. The summed E-state index contributed by atoms with van der Waals surface area (Å²) in [6.45, 7) is 9.74. The number of hydrogen-bond donors (Lipinski definition) is 0. The topological polar surface area (TPSA) is 9.23 Å². The molecule has 0 saturated carbocycles. The molecule has 2 aliphatic heterocycles. The van der Waals surface area contributed by atoms with Crippen LogP contribution in [0.5, 0.6) is 0 Å². The Morgan fingerprint density at radius 3 is 2.58 bits per heavy atom. The average Bonchev–Trinajstić information content (AvgIpc) is 2.05. The highest BCUT2D eigenvalue weighted by Crippen LogP contribution is 2.24. The molecule has 2 saturated heterocycles. The monoisotopic (exact) mass is 170 g/mol. The van der Waals surface area contributed by atoms with Crippen molar-refractivity contribution in [2.75, 3.05) is 39.4 Å². The maximum atomic E-state index is 5.42. The van der Waals surface area contributed by atoms with Crippen molar-refractivity contribution in [2.45, 2.75) is 19.8 Å². The first kappa shape index (κ1) is 8.52. The van der Waals surface area contributed by atoms with Crippen molar-refractivity contribution in [3.05, 3.63) is 0 Å². The Labute approximate surface area is 75.1 Å². The smallest absolute Gasteiger partial charge is 0.102 e. The third-order valence-corrected chi connectivity index (χ3v) is 3.45.